The molecule has 112 valence electrons. The van der Waals surface area contributed by atoms with Gasteiger partial charge in [0.25, 0.3) is 0 Å². The van der Waals surface area contributed by atoms with E-state index in [1.54, 1.807) is 0 Å². The first kappa shape index (κ1) is 14.2. The van der Waals surface area contributed by atoms with E-state index < -0.39 is 12.8 Å². The summed E-state index contributed by atoms with van der Waals surface area (Å²) in [6.07, 6.45) is 0. The van der Waals surface area contributed by atoms with Crippen LogP contribution in [0.15, 0.2) is 72.8 Å². The Labute approximate surface area is 148 Å². The second-order valence-electron chi connectivity index (χ2n) is 6.14. The molecule has 3 aliphatic carbocycles. The van der Waals surface area contributed by atoms with Crippen LogP contribution in [0, 0.1) is 0 Å². The van der Waals surface area contributed by atoms with Crippen LogP contribution in [0.25, 0.3) is 0 Å². The van der Waals surface area contributed by atoms with Crippen LogP contribution in [0.2, 0.25) is 0 Å². The fraction of sp³-hybridized carbons (Fsp3) is 0.100. The van der Waals surface area contributed by atoms with Gasteiger partial charge in [-0.15, -0.1) is 0 Å². The predicted molar refractivity (Wildman–Crippen MR) is 97.6 cm³/mol. The molecule has 0 nitrogen and oxygen atoms in total. The van der Waals surface area contributed by atoms with Crippen molar-refractivity contribution < 1.29 is 0 Å². The summed E-state index contributed by atoms with van der Waals surface area (Å²) in [5.74, 6) is 0.294. The molecule has 0 aromatic heterocycles. The zero-order valence-electron chi connectivity index (χ0n) is 12.2. The van der Waals surface area contributed by atoms with E-state index in [0.717, 1.165) is 0 Å². The molecule has 0 fully saturated rings. The second-order valence-corrected chi connectivity index (χ2v) is 12.9. The van der Waals surface area contributed by atoms with Crippen molar-refractivity contribution in [2.45, 2.75) is 10.1 Å². The molecule has 0 saturated carbocycles. The monoisotopic (exact) mass is 398 g/mol. The molecule has 3 heteroatoms. The maximum absolute atomic E-state index is 6.83. The van der Waals surface area contributed by atoms with Gasteiger partial charge in [-0.2, -0.15) is 0 Å². The Hall–Kier alpha value is -1.20. The van der Waals surface area contributed by atoms with E-state index in [0.29, 0.717) is 5.92 Å². The number of hydrogen-bond donors (Lipinski definition) is 0. The van der Waals surface area contributed by atoms with Crippen molar-refractivity contribution in [3.8, 4) is 0 Å². The Bertz CT molecular complexity index is 817. The van der Waals surface area contributed by atoms with Crippen LogP contribution in [-0.4, -0.2) is 12.8 Å². The van der Waals surface area contributed by atoms with Crippen LogP contribution in [0.3, 0.4) is 0 Å². The average molecular weight is 399 g/mol. The summed E-state index contributed by atoms with van der Waals surface area (Å²) >= 11 is -2.19. The van der Waals surface area contributed by atoms with E-state index in [1.807, 2.05) is 0 Å². The molecular formula is C20H13AsCl2. The molecule has 0 radical (unpaired) electrons. The molecule has 2 bridgehead atoms. The van der Waals surface area contributed by atoms with Crippen molar-refractivity contribution in [3.63, 3.8) is 0 Å². The van der Waals surface area contributed by atoms with Gasteiger partial charge in [-0.3, -0.25) is 0 Å². The summed E-state index contributed by atoms with van der Waals surface area (Å²) in [5.41, 5.74) is 8.04. The third kappa shape index (κ3) is 1.60. The normalized spacial score (nSPS) is 23.3. The standard InChI is InChI=1S/C20H13AsCl2/c22-21(23)20-16-10-4-1-7-13(16)19(14-8-2-5-11-17(14)20)15-9-3-6-12-18(15)20/h1-12,19H. The quantitative estimate of drug-likeness (QED) is 0.485. The SMILES string of the molecule is Cl[As](Cl)C12c3ccccc3C(c3ccccc31)c1ccccc12. The van der Waals surface area contributed by atoms with Crippen LogP contribution in [0.5, 0.6) is 0 Å². The van der Waals surface area contributed by atoms with E-state index in [2.05, 4.69) is 72.8 Å². The first-order valence-electron chi connectivity index (χ1n) is 7.66. The van der Waals surface area contributed by atoms with Crippen LogP contribution in [-0.2, 0) is 4.20 Å². The van der Waals surface area contributed by atoms with Crippen molar-refractivity contribution in [3.05, 3.63) is 106 Å². The van der Waals surface area contributed by atoms with Gasteiger partial charge in [0.2, 0.25) is 0 Å². The molecule has 6 rings (SSSR count). The maximum atomic E-state index is 6.83. The molecule has 0 heterocycles. The van der Waals surface area contributed by atoms with Crippen molar-refractivity contribution >= 4 is 32.7 Å². The van der Waals surface area contributed by atoms with Crippen molar-refractivity contribution in [2.75, 3.05) is 0 Å². The molecule has 3 aromatic rings. The molecule has 0 N–H and O–H groups in total. The third-order valence-electron chi connectivity index (χ3n) is 5.24. The van der Waals surface area contributed by atoms with Gasteiger partial charge < -0.3 is 0 Å². The van der Waals surface area contributed by atoms with Crippen molar-refractivity contribution in [1.29, 1.82) is 0 Å². The molecule has 0 amide bonds. The number of rotatable bonds is 1. The van der Waals surface area contributed by atoms with Gasteiger partial charge in [-0.1, -0.05) is 0 Å². The number of hydrogen-bond acceptors (Lipinski definition) is 0. The molecule has 3 aromatic carbocycles. The Balaban J connectivity index is 2.02. The second kappa shape index (κ2) is 4.90. The van der Waals surface area contributed by atoms with Crippen molar-refractivity contribution in [1.82, 2.24) is 0 Å². The van der Waals surface area contributed by atoms with Crippen molar-refractivity contribution in [2.24, 2.45) is 0 Å². The van der Waals surface area contributed by atoms with Crippen LogP contribution >= 0.6 is 19.9 Å². The van der Waals surface area contributed by atoms with Gasteiger partial charge >= 0.3 is 149 Å². The van der Waals surface area contributed by atoms with Gasteiger partial charge in [0.15, 0.2) is 0 Å². The molecule has 0 atom stereocenters. The van der Waals surface area contributed by atoms with Gasteiger partial charge in [-0.05, 0) is 0 Å². The first-order valence-corrected chi connectivity index (χ1v) is 13.5. The first-order chi connectivity index (χ1) is 11.3. The minimum atomic E-state index is -2.19. The van der Waals surface area contributed by atoms with Crippen LogP contribution < -0.4 is 0 Å². The molecule has 23 heavy (non-hydrogen) atoms. The average Bonchev–Trinajstić information content (AvgIpc) is 2.61. The van der Waals surface area contributed by atoms with Gasteiger partial charge in [0, 0.05) is 0 Å². The summed E-state index contributed by atoms with van der Waals surface area (Å²) in [7, 11) is 13.7. The van der Waals surface area contributed by atoms with E-state index in [1.165, 1.54) is 33.4 Å². The predicted octanol–water partition coefficient (Wildman–Crippen LogP) is 5.33. The molecule has 0 unspecified atom stereocenters. The van der Waals surface area contributed by atoms with Crippen LogP contribution in [0.1, 0.15) is 39.3 Å². The van der Waals surface area contributed by atoms with Gasteiger partial charge in [0.1, 0.15) is 0 Å². The summed E-state index contributed by atoms with van der Waals surface area (Å²) in [5, 5.41) is 0. The van der Waals surface area contributed by atoms with E-state index in [9.17, 15) is 0 Å². The van der Waals surface area contributed by atoms with Gasteiger partial charge in [0.05, 0.1) is 0 Å². The Kier molecular flexibility index (Phi) is 3.02. The van der Waals surface area contributed by atoms with E-state index >= 15 is 0 Å². The third-order valence-corrected chi connectivity index (χ3v) is 10.5. The van der Waals surface area contributed by atoms with E-state index in [-0.39, 0.29) is 4.20 Å². The fourth-order valence-electron chi connectivity index (χ4n) is 4.45. The molecular weight excluding hydrogens is 386 g/mol. The molecule has 0 spiro atoms. The molecule has 0 saturated heterocycles. The fourth-order valence-corrected chi connectivity index (χ4v) is 9.71. The summed E-state index contributed by atoms with van der Waals surface area (Å²) < 4.78 is -0.339. The zero-order chi connectivity index (χ0) is 15.6. The topological polar surface area (TPSA) is 0 Å². The van der Waals surface area contributed by atoms with Crippen LogP contribution in [0.4, 0.5) is 0 Å². The number of halogens is 2. The molecule has 3 aliphatic rings. The summed E-state index contributed by atoms with van der Waals surface area (Å²) in [4.78, 5) is 0. The zero-order valence-corrected chi connectivity index (χ0v) is 15.6. The summed E-state index contributed by atoms with van der Waals surface area (Å²) in [6.45, 7) is 0. The minimum absolute atomic E-state index is 0.294. The van der Waals surface area contributed by atoms with E-state index in [4.69, 9.17) is 19.9 Å². The number of benzene rings is 3. The Morgan fingerprint density at radius 3 is 1.30 bits per heavy atom. The molecule has 0 aliphatic heterocycles. The van der Waals surface area contributed by atoms with Gasteiger partial charge in [-0.25, -0.2) is 0 Å². The Morgan fingerprint density at radius 2 is 0.957 bits per heavy atom. The summed E-state index contributed by atoms with van der Waals surface area (Å²) in [6, 6.07) is 26.1. The Morgan fingerprint density at radius 1 is 0.609 bits per heavy atom.